The highest BCUT2D eigenvalue weighted by atomic mass is 35.5. The van der Waals surface area contributed by atoms with Crippen LogP contribution in [0, 0.1) is 5.92 Å². The zero-order valence-electron chi connectivity index (χ0n) is 20.3. The lowest BCUT2D eigenvalue weighted by molar-refractivity contribution is -0.126. The number of benzene rings is 1. The van der Waals surface area contributed by atoms with Gasteiger partial charge in [0.05, 0.1) is 24.0 Å². The van der Waals surface area contributed by atoms with Crippen LogP contribution < -0.4 is 15.1 Å². The number of carbonyl (C=O) groups is 2. The van der Waals surface area contributed by atoms with Crippen LogP contribution in [0.4, 0.5) is 11.5 Å². The molecule has 1 unspecified atom stereocenters. The number of aromatic nitrogens is 4. The summed E-state index contributed by atoms with van der Waals surface area (Å²) in [6, 6.07) is 7.09. The highest BCUT2D eigenvalue weighted by molar-refractivity contribution is 7.99. The number of hydrogen-bond acceptors (Lipinski definition) is 7. The zero-order valence-corrected chi connectivity index (χ0v) is 21.9. The summed E-state index contributed by atoms with van der Waals surface area (Å²) in [5, 5.41) is 9.88. The number of amides is 2. The molecule has 36 heavy (non-hydrogen) atoms. The van der Waals surface area contributed by atoms with Gasteiger partial charge in [-0.15, -0.1) is 0 Å². The van der Waals surface area contributed by atoms with E-state index >= 15 is 0 Å². The molecular formula is C25H30ClN7O2S. The molecule has 2 amide bonds. The predicted octanol–water partition coefficient (Wildman–Crippen LogP) is 3.75. The van der Waals surface area contributed by atoms with Gasteiger partial charge in [0, 0.05) is 49.1 Å². The molecule has 9 nitrogen and oxygen atoms in total. The van der Waals surface area contributed by atoms with Crippen LogP contribution in [-0.4, -0.2) is 63.5 Å². The summed E-state index contributed by atoms with van der Waals surface area (Å²) in [7, 11) is 0. The molecule has 4 heterocycles. The van der Waals surface area contributed by atoms with E-state index in [-0.39, 0.29) is 24.2 Å². The Morgan fingerprint density at radius 2 is 1.97 bits per heavy atom. The fourth-order valence-electron chi connectivity index (χ4n) is 4.70. The second-order valence-corrected chi connectivity index (χ2v) is 10.6. The molecule has 2 aromatic heterocycles. The van der Waals surface area contributed by atoms with Crippen molar-refractivity contribution >= 4 is 57.7 Å². The first kappa shape index (κ1) is 24.8. The van der Waals surface area contributed by atoms with Crippen molar-refractivity contribution in [3.05, 3.63) is 35.5 Å². The Balaban J connectivity index is 1.24. The van der Waals surface area contributed by atoms with Crippen molar-refractivity contribution in [2.45, 2.75) is 44.3 Å². The molecule has 3 aromatic rings. The van der Waals surface area contributed by atoms with Crippen molar-refractivity contribution in [2.24, 2.45) is 5.92 Å². The third-order valence-corrected chi connectivity index (χ3v) is 7.86. The normalized spacial score (nSPS) is 17.9. The molecule has 0 saturated carbocycles. The Morgan fingerprint density at radius 1 is 1.19 bits per heavy atom. The minimum atomic E-state index is -0.385. The van der Waals surface area contributed by atoms with Crippen molar-refractivity contribution < 1.29 is 9.59 Å². The Hall–Kier alpha value is -2.85. The molecule has 0 aliphatic carbocycles. The van der Waals surface area contributed by atoms with Gasteiger partial charge in [-0.1, -0.05) is 30.3 Å². The third-order valence-electron chi connectivity index (χ3n) is 6.55. The molecule has 1 aromatic carbocycles. The maximum absolute atomic E-state index is 12.8. The van der Waals surface area contributed by atoms with E-state index in [0.717, 1.165) is 53.0 Å². The van der Waals surface area contributed by atoms with Gasteiger partial charge < -0.3 is 15.1 Å². The molecule has 5 rings (SSSR count). The summed E-state index contributed by atoms with van der Waals surface area (Å²) < 4.78 is 1.84. The van der Waals surface area contributed by atoms with Gasteiger partial charge in [0.15, 0.2) is 10.8 Å². The van der Waals surface area contributed by atoms with E-state index < -0.39 is 0 Å². The van der Waals surface area contributed by atoms with Gasteiger partial charge in [-0.25, -0.2) is 14.6 Å². The second kappa shape index (κ2) is 11.0. The summed E-state index contributed by atoms with van der Waals surface area (Å²) in [6.07, 6.45) is 5.42. The zero-order chi connectivity index (χ0) is 25.1. The van der Waals surface area contributed by atoms with Gasteiger partial charge in [-0.3, -0.25) is 9.59 Å². The number of nitrogens with zero attached hydrogens (tertiary/aromatic N) is 6. The average Bonchev–Trinajstić information content (AvgIpc) is 3.63. The molecular weight excluding hydrogens is 498 g/mol. The number of thioether (sulfide) groups is 1. The first-order chi connectivity index (χ1) is 17.5. The second-order valence-electron chi connectivity index (χ2n) is 9.15. The van der Waals surface area contributed by atoms with Crippen LogP contribution in [0.25, 0.3) is 11.0 Å². The van der Waals surface area contributed by atoms with Crippen molar-refractivity contribution in [3.8, 4) is 0 Å². The minimum Gasteiger partial charge on any atom is -0.356 e. The lowest BCUT2D eigenvalue weighted by atomic mass is 10.1. The first-order valence-corrected chi connectivity index (χ1v) is 13.8. The van der Waals surface area contributed by atoms with E-state index in [0.29, 0.717) is 24.7 Å². The number of carbonyl (C=O) groups excluding carboxylic acids is 2. The van der Waals surface area contributed by atoms with E-state index in [1.165, 1.54) is 12.8 Å². The van der Waals surface area contributed by atoms with Crippen molar-refractivity contribution in [2.75, 3.05) is 41.7 Å². The topological polar surface area (TPSA) is 96.2 Å². The lowest BCUT2D eigenvalue weighted by Crippen LogP contribution is -2.35. The molecule has 2 aliphatic rings. The van der Waals surface area contributed by atoms with E-state index in [9.17, 15) is 9.59 Å². The van der Waals surface area contributed by atoms with Crippen molar-refractivity contribution in [1.82, 2.24) is 25.1 Å². The number of anilines is 2. The largest absolute Gasteiger partial charge is 0.356 e. The van der Waals surface area contributed by atoms with Crippen LogP contribution in [0.15, 0.2) is 35.6 Å². The van der Waals surface area contributed by atoms with Crippen LogP contribution in [0.3, 0.4) is 0 Å². The maximum Gasteiger partial charge on any atom is 0.227 e. The number of fused-ring (bicyclic) bond motifs is 1. The van der Waals surface area contributed by atoms with Gasteiger partial charge in [0.25, 0.3) is 0 Å². The molecule has 1 N–H and O–H groups in total. The van der Waals surface area contributed by atoms with Gasteiger partial charge in [0.1, 0.15) is 5.82 Å². The van der Waals surface area contributed by atoms with Crippen LogP contribution in [-0.2, 0) is 16.1 Å². The molecule has 0 radical (unpaired) electrons. The minimum absolute atomic E-state index is 0.0567. The highest BCUT2D eigenvalue weighted by Gasteiger charge is 2.35. The van der Waals surface area contributed by atoms with E-state index in [1.54, 1.807) is 40.9 Å². The maximum atomic E-state index is 12.8. The number of halogens is 1. The van der Waals surface area contributed by atoms with E-state index in [4.69, 9.17) is 21.6 Å². The summed E-state index contributed by atoms with van der Waals surface area (Å²) in [4.78, 5) is 39.0. The molecule has 190 valence electrons. The van der Waals surface area contributed by atoms with Crippen LogP contribution >= 0.6 is 23.4 Å². The average molecular weight is 528 g/mol. The molecule has 0 spiro atoms. The quantitative estimate of drug-likeness (QED) is 0.334. The van der Waals surface area contributed by atoms with Crippen LogP contribution in [0.2, 0.25) is 5.02 Å². The van der Waals surface area contributed by atoms with Gasteiger partial charge in [-0.2, -0.15) is 5.10 Å². The predicted molar refractivity (Wildman–Crippen MR) is 143 cm³/mol. The standard InChI is InChI=1S/C25H30ClN7O2S/c1-2-13-36-25-29-22(31-10-3-4-11-31)20-15-28-33(23(20)30-25)12-9-27-24(35)17-14-21(34)32(16-17)19-7-5-18(26)6-8-19/h5-8,15,17H,2-4,9-14,16H2,1H3,(H,27,35). The van der Waals surface area contributed by atoms with E-state index in [2.05, 4.69) is 22.2 Å². The monoisotopic (exact) mass is 527 g/mol. The van der Waals surface area contributed by atoms with Crippen LogP contribution in [0.5, 0.6) is 0 Å². The molecule has 2 fully saturated rings. The SMILES string of the molecule is CCCSc1nc(N2CCCC2)c2cnn(CCNC(=O)C3CC(=O)N(c4ccc(Cl)cc4)C3)c2n1. The number of rotatable bonds is 9. The van der Waals surface area contributed by atoms with Gasteiger partial charge in [0.2, 0.25) is 11.8 Å². The van der Waals surface area contributed by atoms with Gasteiger partial charge >= 0.3 is 0 Å². The molecule has 2 saturated heterocycles. The fourth-order valence-corrected chi connectivity index (χ4v) is 5.51. The summed E-state index contributed by atoms with van der Waals surface area (Å²) in [6.45, 7) is 5.40. The summed E-state index contributed by atoms with van der Waals surface area (Å²) in [5.41, 5.74) is 1.55. The number of nitrogens with one attached hydrogen (secondary N) is 1. The first-order valence-electron chi connectivity index (χ1n) is 12.5. The van der Waals surface area contributed by atoms with E-state index in [1.807, 2.05) is 10.9 Å². The summed E-state index contributed by atoms with van der Waals surface area (Å²) >= 11 is 7.62. The van der Waals surface area contributed by atoms with Gasteiger partial charge in [-0.05, 0) is 43.5 Å². The fraction of sp³-hybridized carbons (Fsp3) is 0.480. The third kappa shape index (κ3) is 5.29. The number of hydrogen-bond donors (Lipinski definition) is 1. The highest BCUT2D eigenvalue weighted by Crippen LogP contribution is 2.30. The Labute approximate surface area is 219 Å². The Kier molecular flexibility index (Phi) is 7.62. The van der Waals surface area contributed by atoms with Crippen molar-refractivity contribution in [1.29, 1.82) is 0 Å². The Morgan fingerprint density at radius 3 is 2.72 bits per heavy atom. The molecule has 0 bridgehead atoms. The molecule has 11 heteroatoms. The Bertz CT molecular complexity index is 1240. The van der Waals surface area contributed by atoms with Crippen LogP contribution in [0.1, 0.15) is 32.6 Å². The molecule has 1 atom stereocenters. The van der Waals surface area contributed by atoms with Crippen molar-refractivity contribution in [3.63, 3.8) is 0 Å². The lowest BCUT2D eigenvalue weighted by Gasteiger charge is -2.18. The summed E-state index contributed by atoms with van der Waals surface area (Å²) in [5.74, 6) is 1.35. The molecule has 2 aliphatic heterocycles. The smallest absolute Gasteiger partial charge is 0.227 e.